The molecule has 1 aromatic rings. The first-order valence-electron chi connectivity index (χ1n) is 6.40. The molecule has 0 fully saturated rings. The van der Waals surface area contributed by atoms with Crippen LogP contribution in [0.15, 0.2) is 24.3 Å². The minimum Gasteiger partial charge on any atom is -0.389 e. The molecule has 1 aromatic carbocycles. The van der Waals surface area contributed by atoms with Gasteiger partial charge in [0.05, 0.1) is 12.5 Å². The summed E-state index contributed by atoms with van der Waals surface area (Å²) in [5.41, 5.74) is 0.234. The highest BCUT2D eigenvalue weighted by atomic mass is 19.4. The number of aliphatic hydroxyl groups excluding tert-OH is 2. The normalized spacial score (nSPS) is 14.5. The van der Waals surface area contributed by atoms with Crippen LogP contribution in [0.4, 0.5) is 13.2 Å². The highest BCUT2D eigenvalue weighted by Gasteiger charge is 2.39. The number of hydrogen-bond acceptors (Lipinski definition) is 5. The molecule has 0 heterocycles. The molecule has 2 atom stereocenters. The van der Waals surface area contributed by atoms with Gasteiger partial charge in [-0.3, -0.25) is 9.59 Å². The van der Waals surface area contributed by atoms with Crippen LogP contribution >= 0.6 is 0 Å². The van der Waals surface area contributed by atoms with Crippen LogP contribution in [0.25, 0.3) is 0 Å². The van der Waals surface area contributed by atoms with Gasteiger partial charge in [-0.25, -0.2) is 0 Å². The molecule has 0 saturated carbocycles. The Hall–Kier alpha value is -1.77. The van der Waals surface area contributed by atoms with E-state index in [4.69, 9.17) is 0 Å². The van der Waals surface area contributed by atoms with E-state index in [1.165, 1.54) is 24.3 Å². The Labute approximate surface area is 124 Å². The van der Waals surface area contributed by atoms with Crippen molar-refractivity contribution >= 4 is 11.6 Å². The molecule has 0 spiro atoms. The second-order valence-electron chi connectivity index (χ2n) is 4.71. The fourth-order valence-corrected chi connectivity index (χ4v) is 1.76. The molecule has 8 heteroatoms. The molecule has 0 saturated heterocycles. The van der Waals surface area contributed by atoms with E-state index in [9.17, 15) is 33.0 Å². The van der Waals surface area contributed by atoms with Gasteiger partial charge in [0.25, 0.3) is 0 Å². The Kier molecular flexibility index (Phi) is 6.21. The number of hydrogen-bond donors (Lipinski definition) is 3. The standard InChI is InChI=1S/C14H16F3NO4/c1-18-7-11(20)13(22)9-4-2-8(3-5-9)10(19)6-12(21)14(15,16)17/h2-5,11,13,18,20,22H,6-7H2,1H3. The van der Waals surface area contributed by atoms with Crippen LogP contribution in [0.2, 0.25) is 0 Å². The molecular formula is C14H16F3NO4. The molecule has 0 aromatic heterocycles. The summed E-state index contributed by atoms with van der Waals surface area (Å²) >= 11 is 0. The molecule has 2 unspecified atom stereocenters. The van der Waals surface area contributed by atoms with E-state index in [1.54, 1.807) is 7.05 Å². The number of aliphatic hydroxyl groups is 2. The van der Waals surface area contributed by atoms with E-state index >= 15 is 0 Å². The summed E-state index contributed by atoms with van der Waals surface area (Å²) in [4.78, 5) is 22.3. The predicted molar refractivity (Wildman–Crippen MR) is 71.3 cm³/mol. The van der Waals surface area contributed by atoms with Crippen molar-refractivity contribution in [3.05, 3.63) is 35.4 Å². The van der Waals surface area contributed by atoms with Crippen molar-refractivity contribution in [2.75, 3.05) is 13.6 Å². The Bertz CT molecular complexity index is 528. The van der Waals surface area contributed by atoms with Gasteiger partial charge in [-0.1, -0.05) is 24.3 Å². The number of likely N-dealkylation sites (N-methyl/N-ethyl adjacent to an activating group) is 1. The van der Waals surface area contributed by atoms with E-state index < -0.39 is 36.4 Å². The van der Waals surface area contributed by atoms with Crippen LogP contribution in [0.1, 0.15) is 28.4 Å². The van der Waals surface area contributed by atoms with E-state index in [0.717, 1.165) is 0 Å². The number of nitrogens with one attached hydrogen (secondary N) is 1. The molecule has 0 aliphatic rings. The smallest absolute Gasteiger partial charge is 0.389 e. The number of benzene rings is 1. The van der Waals surface area contributed by atoms with Crippen LogP contribution in [-0.4, -0.2) is 47.7 Å². The number of alkyl halides is 3. The van der Waals surface area contributed by atoms with E-state index in [2.05, 4.69) is 5.32 Å². The maximum absolute atomic E-state index is 12.1. The highest BCUT2D eigenvalue weighted by molar-refractivity contribution is 6.09. The zero-order valence-corrected chi connectivity index (χ0v) is 11.7. The number of carbonyl (C=O) groups is 2. The van der Waals surface area contributed by atoms with Crippen LogP contribution < -0.4 is 5.32 Å². The first kappa shape index (κ1) is 18.3. The van der Waals surface area contributed by atoms with Crippen molar-refractivity contribution in [1.82, 2.24) is 5.32 Å². The Balaban J connectivity index is 2.76. The Morgan fingerprint density at radius 2 is 1.73 bits per heavy atom. The maximum Gasteiger partial charge on any atom is 0.450 e. The molecule has 1 rings (SSSR count). The highest BCUT2D eigenvalue weighted by Crippen LogP contribution is 2.21. The third kappa shape index (κ3) is 4.90. The predicted octanol–water partition coefficient (Wildman–Crippen LogP) is 1.00. The van der Waals surface area contributed by atoms with E-state index in [-0.39, 0.29) is 12.1 Å². The average molecular weight is 319 g/mol. The van der Waals surface area contributed by atoms with Gasteiger partial charge in [-0.2, -0.15) is 13.2 Å². The molecule has 0 aliphatic carbocycles. The van der Waals surface area contributed by atoms with Crippen LogP contribution in [-0.2, 0) is 4.79 Å². The van der Waals surface area contributed by atoms with Crippen LogP contribution in [0.3, 0.4) is 0 Å². The van der Waals surface area contributed by atoms with Crippen molar-refractivity contribution in [3.8, 4) is 0 Å². The van der Waals surface area contributed by atoms with Crippen molar-refractivity contribution in [3.63, 3.8) is 0 Å². The number of halogens is 3. The lowest BCUT2D eigenvalue weighted by Crippen LogP contribution is -2.29. The first-order valence-corrected chi connectivity index (χ1v) is 6.40. The lowest BCUT2D eigenvalue weighted by Gasteiger charge is -2.17. The molecule has 22 heavy (non-hydrogen) atoms. The quantitative estimate of drug-likeness (QED) is 0.516. The fraction of sp³-hybridized carbons (Fsp3) is 0.429. The van der Waals surface area contributed by atoms with Crippen LogP contribution in [0.5, 0.6) is 0 Å². The minimum atomic E-state index is -5.04. The van der Waals surface area contributed by atoms with Crippen molar-refractivity contribution in [2.45, 2.75) is 24.8 Å². The number of Topliss-reactive ketones (excluding diaryl/α,β-unsaturated/α-hetero) is 2. The summed E-state index contributed by atoms with van der Waals surface area (Å²) in [6.07, 6.45) is -8.57. The zero-order chi connectivity index (χ0) is 16.9. The third-order valence-electron chi connectivity index (χ3n) is 2.99. The molecule has 0 amide bonds. The summed E-state index contributed by atoms with van der Waals surface area (Å²) in [7, 11) is 1.59. The van der Waals surface area contributed by atoms with Gasteiger partial charge in [0.15, 0.2) is 5.78 Å². The van der Waals surface area contributed by atoms with Gasteiger partial charge in [0.1, 0.15) is 6.10 Å². The lowest BCUT2D eigenvalue weighted by atomic mass is 10.00. The summed E-state index contributed by atoms with van der Waals surface area (Å²) in [6, 6.07) is 5.04. The third-order valence-corrected chi connectivity index (χ3v) is 2.99. The first-order chi connectivity index (χ1) is 10.2. The van der Waals surface area contributed by atoms with Gasteiger partial charge < -0.3 is 15.5 Å². The van der Waals surface area contributed by atoms with Crippen LogP contribution in [0, 0.1) is 0 Å². The van der Waals surface area contributed by atoms with Gasteiger partial charge in [-0.05, 0) is 12.6 Å². The topological polar surface area (TPSA) is 86.6 Å². The maximum atomic E-state index is 12.1. The summed E-state index contributed by atoms with van der Waals surface area (Å²) in [5, 5.41) is 22.1. The molecule has 122 valence electrons. The second kappa shape index (κ2) is 7.48. The van der Waals surface area contributed by atoms with Gasteiger partial charge in [0.2, 0.25) is 5.78 Å². The largest absolute Gasteiger partial charge is 0.450 e. The van der Waals surface area contributed by atoms with Gasteiger partial charge in [0, 0.05) is 12.1 Å². The van der Waals surface area contributed by atoms with Crippen molar-refractivity contribution < 1.29 is 33.0 Å². The fourth-order valence-electron chi connectivity index (χ4n) is 1.76. The number of rotatable bonds is 7. The Morgan fingerprint density at radius 3 is 2.18 bits per heavy atom. The monoisotopic (exact) mass is 319 g/mol. The van der Waals surface area contributed by atoms with Gasteiger partial charge >= 0.3 is 6.18 Å². The van der Waals surface area contributed by atoms with E-state index in [0.29, 0.717) is 5.56 Å². The molecular weight excluding hydrogens is 303 g/mol. The SMILES string of the molecule is CNCC(O)C(O)c1ccc(C(=O)CC(=O)C(F)(F)F)cc1. The average Bonchev–Trinajstić information content (AvgIpc) is 2.45. The minimum absolute atomic E-state index is 0.0725. The molecule has 0 aliphatic heterocycles. The molecule has 5 nitrogen and oxygen atoms in total. The zero-order valence-electron chi connectivity index (χ0n) is 11.7. The molecule has 3 N–H and O–H groups in total. The number of ketones is 2. The summed E-state index contributed by atoms with van der Waals surface area (Å²) in [5.74, 6) is -3.06. The summed E-state index contributed by atoms with van der Waals surface area (Å²) in [6.45, 7) is 0.141. The van der Waals surface area contributed by atoms with E-state index in [1.807, 2.05) is 0 Å². The van der Waals surface area contributed by atoms with Gasteiger partial charge in [-0.15, -0.1) is 0 Å². The molecule has 0 radical (unpaired) electrons. The lowest BCUT2D eigenvalue weighted by molar-refractivity contribution is -0.170. The summed E-state index contributed by atoms with van der Waals surface area (Å²) < 4.78 is 36.3. The van der Waals surface area contributed by atoms with Crippen molar-refractivity contribution in [1.29, 1.82) is 0 Å². The van der Waals surface area contributed by atoms with Crippen molar-refractivity contribution in [2.24, 2.45) is 0 Å². The second-order valence-corrected chi connectivity index (χ2v) is 4.71. The molecule has 0 bridgehead atoms. The number of carbonyl (C=O) groups excluding carboxylic acids is 2. The Morgan fingerprint density at radius 1 is 1.18 bits per heavy atom.